The Morgan fingerprint density at radius 3 is 2.67 bits per heavy atom. The van der Waals surface area contributed by atoms with Gasteiger partial charge >= 0.3 is 0 Å². The van der Waals surface area contributed by atoms with Gasteiger partial charge in [0.15, 0.2) is 5.78 Å². The maximum atomic E-state index is 12.1. The topological polar surface area (TPSA) is 37.3 Å². The minimum atomic E-state index is -1.52. The molecule has 100 valence electrons. The summed E-state index contributed by atoms with van der Waals surface area (Å²) < 4.78 is 0. The van der Waals surface area contributed by atoms with Crippen LogP contribution >= 0.6 is 0 Å². The molecule has 18 heavy (non-hydrogen) atoms. The monoisotopic (exact) mass is 264 g/mol. The van der Waals surface area contributed by atoms with Crippen molar-refractivity contribution in [1.29, 1.82) is 0 Å². The van der Waals surface area contributed by atoms with Gasteiger partial charge in [0, 0.05) is 6.42 Å². The molecule has 3 heteroatoms. The van der Waals surface area contributed by atoms with Gasteiger partial charge in [0.1, 0.15) is 13.5 Å². The maximum absolute atomic E-state index is 12.1. The molecule has 0 heterocycles. The molecule has 0 aliphatic heterocycles. The molecule has 0 radical (unpaired) electrons. The fourth-order valence-electron chi connectivity index (χ4n) is 2.27. The Hall–Kier alpha value is -0.853. The Bertz CT molecular complexity index is 384. The van der Waals surface area contributed by atoms with Crippen molar-refractivity contribution in [2.75, 3.05) is 0 Å². The summed E-state index contributed by atoms with van der Waals surface area (Å²) >= 11 is 0. The molecule has 1 N–H and O–H groups in total. The number of carbonyl (C=O) groups is 1. The van der Waals surface area contributed by atoms with E-state index in [1.807, 2.05) is 6.08 Å². The van der Waals surface area contributed by atoms with Crippen LogP contribution in [0.3, 0.4) is 0 Å². The normalized spacial score (nSPS) is 27.8. The summed E-state index contributed by atoms with van der Waals surface area (Å²) in [6, 6.07) is 0. The van der Waals surface area contributed by atoms with Crippen molar-refractivity contribution in [3.05, 3.63) is 12.7 Å². The molecule has 0 aromatic heterocycles. The van der Waals surface area contributed by atoms with E-state index in [0.29, 0.717) is 19.3 Å². The van der Waals surface area contributed by atoms with Crippen LogP contribution in [0.2, 0.25) is 19.6 Å². The van der Waals surface area contributed by atoms with Crippen molar-refractivity contribution >= 4 is 13.9 Å². The second-order valence-electron chi connectivity index (χ2n) is 6.13. The van der Waals surface area contributed by atoms with Crippen LogP contribution in [0.5, 0.6) is 0 Å². The molecule has 1 rings (SSSR count). The zero-order valence-electron chi connectivity index (χ0n) is 11.8. The van der Waals surface area contributed by atoms with Gasteiger partial charge in [0.05, 0.1) is 6.10 Å². The van der Waals surface area contributed by atoms with Crippen molar-refractivity contribution in [3.8, 4) is 11.5 Å². The van der Waals surface area contributed by atoms with E-state index in [1.54, 1.807) is 0 Å². The number of Topliss-reactive ketones (excluding diaryl/α,β-unsaturated/α-hetero) is 1. The molecule has 2 atom stereocenters. The summed E-state index contributed by atoms with van der Waals surface area (Å²) in [4.78, 5) is 12.1. The van der Waals surface area contributed by atoms with E-state index < -0.39 is 19.6 Å². The quantitative estimate of drug-likeness (QED) is 0.367. The highest BCUT2D eigenvalue weighted by Crippen LogP contribution is 2.39. The van der Waals surface area contributed by atoms with Gasteiger partial charge in [-0.1, -0.05) is 31.6 Å². The highest BCUT2D eigenvalue weighted by molar-refractivity contribution is 6.83. The third kappa shape index (κ3) is 3.57. The maximum Gasteiger partial charge on any atom is 0.153 e. The third-order valence-corrected chi connectivity index (χ3v) is 4.23. The van der Waals surface area contributed by atoms with Crippen molar-refractivity contribution in [1.82, 2.24) is 0 Å². The number of allylic oxidation sites excluding steroid dienone is 1. The van der Waals surface area contributed by atoms with Crippen LogP contribution in [0.15, 0.2) is 12.7 Å². The van der Waals surface area contributed by atoms with E-state index >= 15 is 0 Å². The first-order chi connectivity index (χ1) is 8.32. The Morgan fingerprint density at radius 2 is 2.22 bits per heavy atom. The number of aliphatic hydroxyl groups is 1. The number of aliphatic hydroxyl groups excluding tert-OH is 1. The zero-order chi connectivity index (χ0) is 13.8. The SMILES string of the molecule is C=CCCC[C@@]1(C#C[Si](C)(C)C)C(=O)CC[C@H]1O. The lowest BCUT2D eigenvalue weighted by atomic mass is 9.79. The summed E-state index contributed by atoms with van der Waals surface area (Å²) in [5.74, 6) is 3.30. The van der Waals surface area contributed by atoms with Crippen molar-refractivity contribution in [2.45, 2.75) is 57.8 Å². The van der Waals surface area contributed by atoms with Crippen LogP contribution in [0, 0.1) is 16.9 Å². The lowest BCUT2D eigenvalue weighted by Gasteiger charge is -2.26. The first kappa shape index (κ1) is 15.2. The number of rotatable bonds is 4. The summed E-state index contributed by atoms with van der Waals surface area (Å²) in [5, 5.41) is 10.2. The first-order valence-electron chi connectivity index (χ1n) is 6.68. The molecule has 0 aromatic carbocycles. The molecule has 0 spiro atoms. The average molecular weight is 264 g/mol. The molecule has 0 aromatic rings. The molecule has 0 bridgehead atoms. The Morgan fingerprint density at radius 1 is 1.56 bits per heavy atom. The lowest BCUT2D eigenvalue weighted by Crippen LogP contribution is -2.35. The van der Waals surface area contributed by atoms with Crippen LogP contribution < -0.4 is 0 Å². The van der Waals surface area contributed by atoms with E-state index in [4.69, 9.17) is 0 Å². The van der Waals surface area contributed by atoms with Crippen LogP contribution in [0.25, 0.3) is 0 Å². The second-order valence-corrected chi connectivity index (χ2v) is 10.9. The zero-order valence-corrected chi connectivity index (χ0v) is 12.8. The van der Waals surface area contributed by atoms with Gasteiger partial charge in [0.2, 0.25) is 0 Å². The van der Waals surface area contributed by atoms with Gasteiger partial charge < -0.3 is 5.11 Å². The second kappa shape index (κ2) is 5.86. The van der Waals surface area contributed by atoms with E-state index in [2.05, 4.69) is 37.7 Å². The standard InChI is InChI=1S/C15H24O2Si/c1-5-6-7-10-15(11-12-18(2,3)4)13(16)8-9-14(15)17/h5,13,16H,1,6-10H2,2-4H3/t13-,15+/m1/s1. The highest BCUT2D eigenvalue weighted by Gasteiger charge is 2.47. The van der Waals surface area contributed by atoms with E-state index in [1.165, 1.54) is 0 Å². The molecule has 0 saturated heterocycles. The summed E-state index contributed by atoms with van der Waals surface area (Å²) in [6.07, 6.45) is 4.70. The minimum Gasteiger partial charge on any atom is -0.391 e. The highest BCUT2D eigenvalue weighted by atomic mass is 28.3. The van der Waals surface area contributed by atoms with Gasteiger partial charge in [-0.15, -0.1) is 12.1 Å². The van der Waals surface area contributed by atoms with E-state index in [-0.39, 0.29) is 5.78 Å². The summed E-state index contributed by atoms with van der Waals surface area (Å²) in [5.41, 5.74) is 2.49. The molecule has 1 aliphatic rings. The summed E-state index contributed by atoms with van der Waals surface area (Å²) in [7, 11) is -1.52. The molecular weight excluding hydrogens is 240 g/mol. The van der Waals surface area contributed by atoms with Gasteiger partial charge in [-0.25, -0.2) is 0 Å². The Kier molecular flexibility index (Phi) is 4.95. The van der Waals surface area contributed by atoms with Gasteiger partial charge in [-0.2, -0.15) is 0 Å². The number of carbonyl (C=O) groups excluding carboxylic acids is 1. The predicted molar refractivity (Wildman–Crippen MR) is 77.9 cm³/mol. The lowest BCUT2D eigenvalue weighted by molar-refractivity contribution is -0.125. The van der Waals surface area contributed by atoms with E-state index in [0.717, 1.165) is 12.8 Å². The molecule has 1 saturated carbocycles. The van der Waals surface area contributed by atoms with Crippen molar-refractivity contribution < 1.29 is 9.90 Å². The number of ketones is 1. The first-order valence-corrected chi connectivity index (χ1v) is 10.2. The molecule has 0 unspecified atom stereocenters. The molecule has 1 fully saturated rings. The van der Waals surface area contributed by atoms with Crippen LogP contribution in [0.1, 0.15) is 32.1 Å². The number of unbranched alkanes of at least 4 members (excludes halogenated alkanes) is 1. The predicted octanol–water partition coefficient (Wildman–Crippen LogP) is 2.93. The smallest absolute Gasteiger partial charge is 0.153 e. The average Bonchev–Trinajstić information content (AvgIpc) is 2.54. The number of hydrogen-bond donors (Lipinski definition) is 1. The largest absolute Gasteiger partial charge is 0.391 e. The van der Waals surface area contributed by atoms with Crippen LogP contribution in [-0.2, 0) is 4.79 Å². The van der Waals surface area contributed by atoms with Gasteiger partial charge in [-0.3, -0.25) is 4.79 Å². The van der Waals surface area contributed by atoms with E-state index in [9.17, 15) is 9.90 Å². The third-order valence-electron chi connectivity index (χ3n) is 3.35. The fourth-order valence-corrected chi connectivity index (χ4v) is 2.87. The summed E-state index contributed by atoms with van der Waals surface area (Å²) in [6.45, 7) is 10.2. The Balaban J connectivity index is 2.96. The molecule has 0 amide bonds. The van der Waals surface area contributed by atoms with Crippen LogP contribution in [-0.4, -0.2) is 25.1 Å². The van der Waals surface area contributed by atoms with Gasteiger partial charge in [-0.05, 0) is 25.7 Å². The molecule has 2 nitrogen and oxygen atoms in total. The minimum absolute atomic E-state index is 0.129. The molecular formula is C15H24O2Si. The Labute approximate surface area is 111 Å². The van der Waals surface area contributed by atoms with Crippen LogP contribution in [0.4, 0.5) is 0 Å². The van der Waals surface area contributed by atoms with Crippen molar-refractivity contribution in [2.24, 2.45) is 5.41 Å². The van der Waals surface area contributed by atoms with Gasteiger partial charge in [0.25, 0.3) is 0 Å². The fraction of sp³-hybridized carbons (Fsp3) is 0.667. The molecule has 1 aliphatic carbocycles. The van der Waals surface area contributed by atoms with Crippen molar-refractivity contribution in [3.63, 3.8) is 0 Å². The number of hydrogen-bond acceptors (Lipinski definition) is 2.